The third-order valence-electron chi connectivity index (χ3n) is 4.57. The number of hydrogen-bond donors (Lipinski definition) is 3. The van der Waals surface area contributed by atoms with Crippen molar-refractivity contribution < 1.29 is 29.0 Å². The molecule has 8 nitrogen and oxygen atoms in total. The molecule has 1 heterocycles. The van der Waals surface area contributed by atoms with Gasteiger partial charge in [-0.1, -0.05) is 18.2 Å². The summed E-state index contributed by atoms with van der Waals surface area (Å²) in [5, 5.41) is 20.5. The first kappa shape index (κ1) is 20.8. The number of fused-ring (bicyclic) bond motifs is 1. The molecule has 3 N–H and O–H groups in total. The van der Waals surface area contributed by atoms with E-state index < -0.39 is 30.3 Å². The first-order chi connectivity index (χ1) is 14.2. The number of amides is 1. The summed E-state index contributed by atoms with van der Waals surface area (Å²) in [4.78, 5) is 46.6. The normalized spacial score (nSPS) is 11.8. The molecule has 1 atom stereocenters. The van der Waals surface area contributed by atoms with Crippen molar-refractivity contribution in [3.8, 4) is 11.3 Å². The summed E-state index contributed by atoms with van der Waals surface area (Å²) in [5.74, 6) is -3.16. The molecule has 0 bridgehead atoms. The maximum atomic E-state index is 12.5. The number of aliphatic carboxylic acids is 2. The molecule has 3 rings (SSSR count). The van der Waals surface area contributed by atoms with Gasteiger partial charge >= 0.3 is 11.9 Å². The van der Waals surface area contributed by atoms with E-state index in [1.807, 2.05) is 19.9 Å². The first-order valence-electron chi connectivity index (χ1n) is 9.06. The van der Waals surface area contributed by atoms with Gasteiger partial charge < -0.3 is 19.9 Å². The molecule has 1 unspecified atom stereocenters. The van der Waals surface area contributed by atoms with E-state index >= 15 is 0 Å². The largest absolute Gasteiger partial charge is 0.481 e. The summed E-state index contributed by atoms with van der Waals surface area (Å²) in [6, 6.07) is 9.53. The Labute approximate surface area is 170 Å². The summed E-state index contributed by atoms with van der Waals surface area (Å²) in [5.41, 5.74) is 2.80. The van der Waals surface area contributed by atoms with Gasteiger partial charge in [0.15, 0.2) is 5.43 Å². The minimum atomic E-state index is -1.54. The van der Waals surface area contributed by atoms with Crippen molar-refractivity contribution >= 4 is 28.8 Å². The van der Waals surface area contributed by atoms with Crippen molar-refractivity contribution in [1.82, 2.24) is 5.32 Å². The fourth-order valence-corrected chi connectivity index (χ4v) is 3.15. The van der Waals surface area contributed by atoms with Crippen LogP contribution in [0, 0.1) is 13.8 Å². The lowest BCUT2D eigenvalue weighted by Gasteiger charge is -2.12. The lowest BCUT2D eigenvalue weighted by molar-refractivity contribution is -0.145. The molecule has 154 valence electrons. The monoisotopic (exact) mass is 409 g/mol. The van der Waals surface area contributed by atoms with Crippen molar-refractivity contribution in [2.45, 2.75) is 26.3 Å². The number of hydrogen-bond acceptors (Lipinski definition) is 5. The van der Waals surface area contributed by atoms with E-state index in [0.29, 0.717) is 22.3 Å². The molecule has 0 fully saturated rings. The van der Waals surface area contributed by atoms with E-state index in [1.54, 1.807) is 18.2 Å². The standard InChI is InChI=1S/C22H19NO7/c1-11-7-12(2)20-15(8-11)17(24)10-18(30-20)13-3-5-14(6-4-13)21(27)23-16(22(28)29)9-19(25)26/h3-8,10,16H,9H2,1-2H3,(H,23,27)(H,25,26)(H,28,29). The van der Waals surface area contributed by atoms with Crippen molar-refractivity contribution in [2.24, 2.45) is 0 Å². The highest BCUT2D eigenvalue weighted by Gasteiger charge is 2.23. The van der Waals surface area contributed by atoms with Crippen LogP contribution in [0.25, 0.3) is 22.3 Å². The number of benzene rings is 2. The van der Waals surface area contributed by atoms with Crippen molar-refractivity contribution in [2.75, 3.05) is 0 Å². The minimum absolute atomic E-state index is 0.144. The van der Waals surface area contributed by atoms with Gasteiger partial charge in [-0.05, 0) is 43.2 Å². The number of carboxylic acids is 2. The molecule has 0 saturated carbocycles. The van der Waals surface area contributed by atoms with E-state index in [2.05, 4.69) is 5.32 Å². The van der Waals surface area contributed by atoms with Crippen LogP contribution in [-0.4, -0.2) is 34.1 Å². The summed E-state index contributed by atoms with van der Waals surface area (Å²) in [6.45, 7) is 3.75. The van der Waals surface area contributed by atoms with Gasteiger partial charge in [-0.2, -0.15) is 0 Å². The number of aryl methyl sites for hydroxylation is 2. The van der Waals surface area contributed by atoms with Gasteiger partial charge in [0.25, 0.3) is 5.91 Å². The predicted octanol–water partition coefficient (Wildman–Crippen LogP) is 2.73. The second-order valence-electron chi connectivity index (χ2n) is 6.97. The zero-order valence-electron chi connectivity index (χ0n) is 16.3. The zero-order chi connectivity index (χ0) is 22.0. The summed E-state index contributed by atoms with van der Waals surface area (Å²) in [6.07, 6.45) is -0.736. The lowest BCUT2D eigenvalue weighted by Crippen LogP contribution is -2.42. The van der Waals surface area contributed by atoms with Gasteiger partial charge in [0.05, 0.1) is 11.8 Å². The van der Waals surface area contributed by atoms with E-state index in [9.17, 15) is 19.2 Å². The number of rotatable bonds is 6. The highest BCUT2D eigenvalue weighted by Crippen LogP contribution is 2.25. The van der Waals surface area contributed by atoms with Crippen molar-refractivity contribution in [3.05, 3.63) is 69.4 Å². The number of nitrogens with one attached hydrogen (secondary N) is 1. The number of carboxylic acid groups (broad SMARTS) is 2. The minimum Gasteiger partial charge on any atom is -0.481 e. The molecule has 3 aromatic rings. The van der Waals surface area contributed by atoms with Crippen molar-refractivity contribution in [3.63, 3.8) is 0 Å². The second kappa shape index (κ2) is 8.20. The SMILES string of the molecule is Cc1cc(C)c2oc(-c3ccc(C(=O)NC(CC(=O)O)C(=O)O)cc3)cc(=O)c2c1. The predicted molar refractivity (Wildman–Crippen MR) is 109 cm³/mol. The maximum Gasteiger partial charge on any atom is 0.326 e. The molecule has 0 aliphatic heterocycles. The van der Waals surface area contributed by atoms with E-state index in [1.165, 1.54) is 18.2 Å². The summed E-state index contributed by atoms with van der Waals surface area (Å²) < 4.78 is 5.91. The molecule has 0 aliphatic carbocycles. The van der Waals surface area contributed by atoms with Crippen LogP contribution in [0.2, 0.25) is 0 Å². The third kappa shape index (κ3) is 4.38. The number of carbonyl (C=O) groups is 3. The number of carbonyl (C=O) groups excluding carboxylic acids is 1. The van der Waals surface area contributed by atoms with Crippen molar-refractivity contribution in [1.29, 1.82) is 0 Å². The van der Waals surface area contributed by atoms with Gasteiger partial charge in [0.2, 0.25) is 0 Å². The zero-order valence-corrected chi connectivity index (χ0v) is 16.3. The average molecular weight is 409 g/mol. The molecule has 1 amide bonds. The van der Waals surface area contributed by atoms with Crippen LogP contribution < -0.4 is 10.7 Å². The fraction of sp³-hybridized carbons (Fsp3) is 0.182. The Balaban J connectivity index is 1.88. The Kier molecular flexibility index (Phi) is 5.68. The Hall–Kier alpha value is -3.94. The van der Waals surface area contributed by atoms with Gasteiger partial charge in [-0.15, -0.1) is 0 Å². The smallest absolute Gasteiger partial charge is 0.326 e. The molecule has 0 spiro atoms. The highest BCUT2D eigenvalue weighted by molar-refractivity contribution is 5.97. The van der Waals surface area contributed by atoms with E-state index in [4.69, 9.17) is 14.6 Å². The average Bonchev–Trinajstić information content (AvgIpc) is 2.67. The molecule has 30 heavy (non-hydrogen) atoms. The van der Waals surface area contributed by atoms with E-state index in [0.717, 1.165) is 11.1 Å². The van der Waals surface area contributed by atoms with Gasteiger partial charge in [0, 0.05) is 17.2 Å². The Morgan fingerprint density at radius 2 is 1.70 bits per heavy atom. The molecule has 2 aromatic carbocycles. The molecule has 0 saturated heterocycles. The molecule has 0 radical (unpaired) electrons. The Morgan fingerprint density at radius 1 is 1.03 bits per heavy atom. The summed E-state index contributed by atoms with van der Waals surface area (Å²) in [7, 11) is 0. The Morgan fingerprint density at radius 3 is 2.30 bits per heavy atom. The van der Waals surface area contributed by atoms with Gasteiger partial charge in [-0.25, -0.2) is 4.79 Å². The van der Waals surface area contributed by atoms with Crippen LogP contribution in [0.3, 0.4) is 0 Å². The van der Waals surface area contributed by atoms with Crippen LogP contribution in [0.15, 0.2) is 51.7 Å². The van der Waals surface area contributed by atoms with Gasteiger partial charge in [0.1, 0.15) is 17.4 Å². The van der Waals surface area contributed by atoms with Crippen LogP contribution in [0.5, 0.6) is 0 Å². The van der Waals surface area contributed by atoms with E-state index in [-0.39, 0.29) is 11.0 Å². The maximum absolute atomic E-state index is 12.5. The fourth-order valence-electron chi connectivity index (χ4n) is 3.15. The third-order valence-corrected chi connectivity index (χ3v) is 4.57. The molecular formula is C22H19NO7. The molecule has 0 aliphatic rings. The molecular weight excluding hydrogens is 390 g/mol. The Bertz CT molecular complexity index is 1210. The highest BCUT2D eigenvalue weighted by atomic mass is 16.4. The van der Waals surface area contributed by atoms with Crippen LogP contribution in [0.1, 0.15) is 27.9 Å². The molecule has 8 heteroatoms. The molecule has 1 aromatic heterocycles. The lowest BCUT2D eigenvalue weighted by atomic mass is 10.1. The van der Waals surface area contributed by atoms with Gasteiger partial charge in [-0.3, -0.25) is 14.4 Å². The van der Waals surface area contributed by atoms with Crippen LogP contribution >= 0.6 is 0 Å². The first-order valence-corrected chi connectivity index (χ1v) is 9.06. The summed E-state index contributed by atoms with van der Waals surface area (Å²) >= 11 is 0. The van der Waals surface area contributed by atoms with Crippen LogP contribution in [-0.2, 0) is 9.59 Å². The second-order valence-corrected chi connectivity index (χ2v) is 6.97. The topological polar surface area (TPSA) is 134 Å². The quantitative estimate of drug-likeness (QED) is 0.570. The van der Waals surface area contributed by atoms with Crippen LogP contribution in [0.4, 0.5) is 0 Å².